The van der Waals surface area contributed by atoms with Gasteiger partial charge in [-0.1, -0.05) is 11.3 Å². The third kappa shape index (κ3) is 2.21. The Morgan fingerprint density at radius 3 is 2.93 bits per heavy atom. The SMILES string of the molecule is OCC(c1cccc(Br)n1)n1ccnn1. The van der Waals surface area contributed by atoms with Crippen molar-refractivity contribution in [3.05, 3.63) is 40.9 Å². The summed E-state index contributed by atoms with van der Waals surface area (Å²) in [7, 11) is 0. The molecular weight excluding hydrogens is 260 g/mol. The lowest BCUT2D eigenvalue weighted by atomic mass is 10.2. The first-order valence-corrected chi connectivity index (χ1v) is 5.19. The summed E-state index contributed by atoms with van der Waals surface area (Å²) in [5.41, 5.74) is 0.748. The maximum atomic E-state index is 9.30. The second kappa shape index (κ2) is 4.50. The lowest BCUT2D eigenvalue weighted by Gasteiger charge is -2.13. The van der Waals surface area contributed by atoms with Crippen molar-refractivity contribution in [2.24, 2.45) is 0 Å². The molecule has 0 aliphatic heterocycles. The molecule has 0 spiro atoms. The molecule has 1 N–H and O–H groups in total. The third-order valence-corrected chi connectivity index (χ3v) is 2.45. The van der Waals surface area contributed by atoms with Crippen LogP contribution in [0.25, 0.3) is 0 Å². The highest BCUT2D eigenvalue weighted by Gasteiger charge is 2.14. The topological polar surface area (TPSA) is 63.8 Å². The Kier molecular flexibility index (Phi) is 3.08. The van der Waals surface area contributed by atoms with Crippen LogP contribution in [0.1, 0.15) is 11.7 Å². The molecule has 2 heterocycles. The van der Waals surface area contributed by atoms with E-state index in [-0.39, 0.29) is 12.6 Å². The molecular formula is C9H9BrN4O. The van der Waals surface area contributed by atoms with Gasteiger partial charge in [0.2, 0.25) is 0 Å². The van der Waals surface area contributed by atoms with Crippen molar-refractivity contribution in [1.29, 1.82) is 0 Å². The van der Waals surface area contributed by atoms with E-state index >= 15 is 0 Å². The molecule has 15 heavy (non-hydrogen) atoms. The first-order chi connectivity index (χ1) is 7.31. The molecule has 0 aromatic carbocycles. The van der Waals surface area contributed by atoms with Crippen molar-refractivity contribution >= 4 is 15.9 Å². The fourth-order valence-electron chi connectivity index (χ4n) is 1.31. The van der Waals surface area contributed by atoms with Crippen LogP contribution in [0.5, 0.6) is 0 Å². The Hall–Kier alpha value is -1.27. The largest absolute Gasteiger partial charge is 0.394 e. The van der Waals surface area contributed by atoms with Gasteiger partial charge < -0.3 is 5.11 Å². The van der Waals surface area contributed by atoms with Gasteiger partial charge in [-0.3, -0.25) is 0 Å². The van der Waals surface area contributed by atoms with Crippen LogP contribution in [-0.2, 0) is 0 Å². The van der Waals surface area contributed by atoms with E-state index in [9.17, 15) is 5.11 Å². The molecule has 2 rings (SSSR count). The first kappa shape index (κ1) is 10.3. The highest BCUT2D eigenvalue weighted by molar-refractivity contribution is 9.10. The van der Waals surface area contributed by atoms with Gasteiger partial charge in [0.05, 0.1) is 18.5 Å². The Morgan fingerprint density at radius 2 is 2.33 bits per heavy atom. The standard InChI is InChI=1S/C9H9BrN4O/c10-9-3-1-2-7(12-9)8(6-15)14-5-4-11-13-14/h1-5,8,15H,6H2. The van der Waals surface area contributed by atoms with E-state index in [0.717, 1.165) is 10.3 Å². The molecule has 6 heteroatoms. The molecule has 78 valence electrons. The normalized spacial score (nSPS) is 12.7. The molecule has 2 aromatic heterocycles. The van der Waals surface area contributed by atoms with E-state index in [0.29, 0.717) is 0 Å². The van der Waals surface area contributed by atoms with Crippen molar-refractivity contribution in [2.75, 3.05) is 6.61 Å². The monoisotopic (exact) mass is 268 g/mol. The van der Waals surface area contributed by atoms with Gasteiger partial charge >= 0.3 is 0 Å². The first-order valence-electron chi connectivity index (χ1n) is 4.40. The molecule has 0 amide bonds. The lowest BCUT2D eigenvalue weighted by molar-refractivity contribution is 0.236. The Balaban J connectivity index is 2.35. The van der Waals surface area contributed by atoms with Crippen molar-refractivity contribution in [2.45, 2.75) is 6.04 Å². The van der Waals surface area contributed by atoms with Gasteiger partial charge in [0.1, 0.15) is 10.6 Å². The Morgan fingerprint density at radius 1 is 1.47 bits per heavy atom. The van der Waals surface area contributed by atoms with E-state index in [2.05, 4.69) is 31.2 Å². The third-order valence-electron chi connectivity index (χ3n) is 2.01. The minimum Gasteiger partial charge on any atom is -0.394 e. The number of pyridine rings is 1. The van der Waals surface area contributed by atoms with Crippen molar-refractivity contribution in [3.63, 3.8) is 0 Å². The zero-order valence-electron chi connectivity index (χ0n) is 7.79. The quantitative estimate of drug-likeness (QED) is 0.845. The van der Waals surface area contributed by atoms with Crippen LogP contribution in [0.3, 0.4) is 0 Å². The zero-order valence-corrected chi connectivity index (χ0v) is 9.37. The summed E-state index contributed by atoms with van der Waals surface area (Å²) < 4.78 is 2.31. The fourth-order valence-corrected chi connectivity index (χ4v) is 1.66. The second-order valence-corrected chi connectivity index (χ2v) is 3.78. The average molecular weight is 269 g/mol. The summed E-state index contributed by atoms with van der Waals surface area (Å²) in [5, 5.41) is 16.8. The molecule has 0 bridgehead atoms. The molecule has 5 nitrogen and oxygen atoms in total. The molecule has 0 aliphatic carbocycles. The summed E-state index contributed by atoms with van der Waals surface area (Å²) in [5.74, 6) is 0. The number of hydrogen-bond donors (Lipinski definition) is 1. The lowest BCUT2D eigenvalue weighted by Crippen LogP contribution is -2.16. The highest BCUT2D eigenvalue weighted by Crippen LogP contribution is 2.16. The van der Waals surface area contributed by atoms with Gasteiger partial charge in [-0.15, -0.1) is 5.10 Å². The van der Waals surface area contributed by atoms with E-state index in [1.165, 1.54) is 0 Å². The summed E-state index contributed by atoms with van der Waals surface area (Å²) >= 11 is 3.28. The summed E-state index contributed by atoms with van der Waals surface area (Å²) in [6.07, 6.45) is 3.27. The maximum absolute atomic E-state index is 9.30. The minimum atomic E-state index is -0.287. The van der Waals surface area contributed by atoms with Gasteiger partial charge in [-0.05, 0) is 28.1 Å². The number of aromatic nitrogens is 4. The minimum absolute atomic E-state index is 0.0627. The van der Waals surface area contributed by atoms with Gasteiger partial charge in [0.25, 0.3) is 0 Å². The van der Waals surface area contributed by atoms with Crippen LogP contribution in [0.2, 0.25) is 0 Å². The Bertz CT molecular complexity index is 431. The number of halogens is 1. The number of nitrogens with zero attached hydrogens (tertiary/aromatic N) is 4. The number of aliphatic hydroxyl groups excluding tert-OH is 1. The highest BCUT2D eigenvalue weighted by atomic mass is 79.9. The summed E-state index contributed by atoms with van der Waals surface area (Å²) in [6, 6.07) is 5.25. The molecule has 0 aliphatic rings. The van der Waals surface area contributed by atoms with E-state index in [1.807, 2.05) is 18.2 Å². The predicted octanol–water partition coefficient (Wildman–Crippen LogP) is 1.02. The van der Waals surface area contributed by atoms with Crippen LogP contribution in [0.4, 0.5) is 0 Å². The van der Waals surface area contributed by atoms with Gasteiger partial charge in [0.15, 0.2) is 0 Å². The zero-order chi connectivity index (χ0) is 10.7. The molecule has 1 unspecified atom stereocenters. The predicted molar refractivity (Wildman–Crippen MR) is 57.2 cm³/mol. The second-order valence-electron chi connectivity index (χ2n) is 2.97. The molecule has 2 aromatic rings. The van der Waals surface area contributed by atoms with Crippen molar-refractivity contribution in [3.8, 4) is 0 Å². The van der Waals surface area contributed by atoms with E-state index in [1.54, 1.807) is 17.1 Å². The number of aliphatic hydroxyl groups is 1. The molecule has 1 atom stereocenters. The van der Waals surface area contributed by atoms with Crippen LogP contribution >= 0.6 is 15.9 Å². The van der Waals surface area contributed by atoms with Crippen LogP contribution < -0.4 is 0 Å². The summed E-state index contributed by atoms with van der Waals surface area (Å²) in [4.78, 5) is 4.27. The molecule has 0 saturated heterocycles. The van der Waals surface area contributed by atoms with E-state index in [4.69, 9.17) is 0 Å². The Labute approximate surface area is 94.9 Å². The maximum Gasteiger partial charge on any atom is 0.119 e. The smallest absolute Gasteiger partial charge is 0.119 e. The van der Waals surface area contributed by atoms with Crippen LogP contribution in [0, 0.1) is 0 Å². The average Bonchev–Trinajstić information content (AvgIpc) is 2.72. The van der Waals surface area contributed by atoms with Crippen molar-refractivity contribution in [1.82, 2.24) is 20.0 Å². The van der Waals surface area contributed by atoms with Crippen molar-refractivity contribution < 1.29 is 5.11 Å². The summed E-state index contributed by atoms with van der Waals surface area (Å²) in [6.45, 7) is -0.0627. The number of hydrogen-bond acceptors (Lipinski definition) is 4. The van der Waals surface area contributed by atoms with Crippen LogP contribution in [-0.4, -0.2) is 31.7 Å². The van der Waals surface area contributed by atoms with Gasteiger partial charge in [0, 0.05) is 6.20 Å². The van der Waals surface area contributed by atoms with Crippen LogP contribution in [0.15, 0.2) is 35.2 Å². The molecule has 0 saturated carbocycles. The number of rotatable bonds is 3. The molecule has 0 radical (unpaired) electrons. The molecule has 0 fully saturated rings. The van der Waals surface area contributed by atoms with E-state index < -0.39 is 0 Å². The van der Waals surface area contributed by atoms with Gasteiger partial charge in [-0.2, -0.15) is 0 Å². The van der Waals surface area contributed by atoms with Gasteiger partial charge in [-0.25, -0.2) is 9.67 Å². The fraction of sp³-hybridized carbons (Fsp3) is 0.222.